The van der Waals surface area contributed by atoms with E-state index in [-0.39, 0.29) is 25.1 Å². The number of ketones is 1. The van der Waals surface area contributed by atoms with Crippen molar-refractivity contribution in [3.8, 4) is 0 Å². The molecule has 108 valence electrons. The summed E-state index contributed by atoms with van der Waals surface area (Å²) in [5.41, 5.74) is -0.746. The van der Waals surface area contributed by atoms with Gasteiger partial charge in [0.15, 0.2) is 5.78 Å². The Hall–Kier alpha value is -2.35. The highest BCUT2D eigenvalue weighted by atomic mass is 19.1. The molecule has 7 nitrogen and oxygen atoms in total. The third-order valence-corrected chi connectivity index (χ3v) is 2.59. The molecule has 8 heteroatoms. The first-order valence-corrected chi connectivity index (χ1v) is 5.68. The SMILES string of the molecule is CN(CCC(=O)O)CC(=O)c1ccc(F)c([N+](=O)[O-])c1. The summed E-state index contributed by atoms with van der Waals surface area (Å²) in [6.07, 6.45) is -0.118. The number of halogens is 1. The van der Waals surface area contributed by atoms with Crippen molar-refractivity contribution in [3.05, 3.63) is 39.7 Å². The van der Waals surface area contributed by atoms with Crippen LogP contribution in [0, 0.1) is 15.9 Å². The molecular weight excluding hydrogens is 271 g/mol. The molecule has 1 aromatic rings. The Balaban J connectivity index is 2.75. The van der Waals surface area contributed by atoms with Crippen LogP contribution in [0.5, 0.6) is 0 Å². The van der Waals surface area contributed by atoms with Crippen LogP contribution in [-0.4, -0.2) is 46.8 Å². The number of hydrogen-bond acceptors (Lipinski definition) is 5. The van der Waals surface area contributed by atoms with Gasteiger partial charge in [-0.1, -0.05) is 0 Å². The Bertz CT molecular complexity index is 547. The van der Waals surface area contributed by atoms with E-state index in [1.165, 1.54) is 4.90 Å². The van der Waals surface area contributed by atoms with Crippen LogP contribution >= 0.6 is 0 Å². The molecule has 0 unspecified atom stereocenters. The standard InChI is InChI=1S/C12H13FN2O5/c1-14(5-4-12(17)18)7-11(16)8-2-3-9(13)10(6-8)15(19)20/h2-3,6H,4-5,7H2,1H3,(H,17,18). The number of Topliss-reactive ketones (excluding diaryl/α,β-unsaturated/α-hetero) is 1. The molecule has 0 aliphatic heterocycles. The lowest BCUT2D eigenvalue weighted by Gasteiger charge is -2.14. The molecule has 1 aromatic carbocycles. The Morgan fingerprint density at radius 2 is 2.10 bits per heavy atom. The van der Waals surface area contributed by atoms with Crippen molar-refractivity contribution in [2.75, 3.05) is 20.1 Å². The molecule has 20 heavy (non-hydrogen) atoms. The first kappa shape index (κ1) is 15.7. The molecule has 0 saturated heterocycles. The number of carbonyl (C=O) groups excluding carboxylic acids is 1. The Morgan fingerprint density at radius 1 is 1.45 bits per heavy atom. The fourth-order valence-electron chi connectivity index (χ4n) is 1.53. The largest absolute Gasteiger partial charge is 0.481 e. The van der Waals surface area contributed by atoms with Gasteiger partial charge in [0.05, 0.1) is 17.9 Å². The lowest BCUT2D eigenvalue weighted by molar-refractivity contribution is -0.387. The highest BCUT2D eigenvalue weighted by Gasteiger charge is 2.18. The van der Waals surface area contributed by atoms with E-state index in [1.807, 2.05) is 0 Å². The first-order chi connectivity index (χ1) is 9.31. The quantitative estimate of drug-likeness (QED) is 0.460. The maximum atomic E-state index is 13.1. The molecule has 0 atom stereocenters. The van der Waals surface area contributed by atoms with E-state index in [0.717, 1.165) is 18.2 Å². The van der Waals surface area contributed by atoms with Crippen LogP contribution in [0.15, 0.2) is 18.2 Å². The zero-order valence-electron chi connectivity index (χ0n) is 10.7. The summed E-state index contributed by atoms with van der Waals surface area (Å²) in [6, 6.07) is 2.90. The van der Waals surface area contributed by atoms with Crippen LogP contribution in [0.2, 0.25) is 0 Å². The number of benzene rings is 1. The second-order valence-electron chi connectivity index (χ2n) is 4.23. The summed E-state index contributed by atoms with van der Waals surface area (Å²) >= 11 is 0. The van der Waals surface area contributed by atoms with Gasteiger partial charge in [0, 0.05) is 18.2 Å². The van der Waals surface area contributed by atoms with Crippen LogP contribution in [0.3, 0.4) is 0 Å². The fraction of sp³-hybridized carbons (Fsp3) is 0.333. The third kappa shape index (κ3) is 4.39. The molecule has 0 radical (unpaired) electrons. The average molecular weight is 284 g/mol. The van der Waals surface area contributed by atoms with Gasteiger partial charge in [0.25, 0.3) is 0 Å². The Morgan fingerprint density at radius 3 is 2.65 bits per heavy atom. The average Bonchev–Trinajstić information content (AvgIpc) is 2.36. The number of rotatable bonds is 7. The summed E-state index contributed by atoms with van der Waals surface area (Å²) in [4.78, 5) is 33.4. The lowest BCUT2D eigenvalue weighted by atomic mass is 10.1. The third-order valence-electron chi connectivity index (χ3n) is 2.59. The van der Waals surface area contributed by atoms with E-state index in [2.05, 4.69) is 0 Å². The van der Waals surface area contributed by atoms with Crippen molar-refractivity contribution in [2.45, 2.75) is 6.42 Å². The van der Waals surface area contributed by atoms with Crippen molar-refractivity contribution < 1.29 is 24.0 Å². The molecule has 0 bridgehead atoms. The number of carboxylic acid groups (broad SMARTS) is 1. The van der Waals surface area contributed by atoms with Crippen LogP contribution in [-0.2, 0) is 4.79 Å². The van der Waals surface area contributed by atoms with Crippen molar-refractivity contribution in [1.29, 1.82) is 0 Å². The van der Waals surface area contributed by atoms with Gasteiger partial charge in [-0.05, 0) is 19.2 Å². The molecule has 0 aliphatic rings. The minimum absolute atomic E-state index is 0.0141. The van der Waals surface area contributed by atoms with Gasteiger partial charge in [0.1, 0.15) is 0 Å². The van der Waals surface area contributed by atoms with E-state index in [4.69, 9.17) is 5.11 Å². The zero-order valence-corrected chi connectivity index (χ0v) is 10.7. The molecule has 0 aliphatic carbocycles. The van der Waals surface area contributed by atoms with Crippen LogP contribution in [0.4, 0.5) is 10.1 Å². The molecule has 1 rings (SSSR count). The summed E-state index contributed by atoms with van der Waals surface area (Å²) < 4.78 is 13.1. The molecule has 0 saturated carbocycles. The second kappa shape index (κ2) is 6.71. The number of hydrogen-bond donors (Lipinski definition) is 1. The number of likely N-dealkylation sites (N-methyl/N-ethyl adjacent to an activating group) is 1. The number of nitrogens with zero attached hydrogens (tertiary/aromatic N) is 2. The zero-order chi connectivity index (χ0) is 15.3. The van der Waals surface area contributed by atoms with Gasteiger partial charge in [-0.15, -0.1) is 0 Å². The van der Waals surface area contributed by atoms with Crippen molar-refractivity contribution in [3.63, 3.8) is 0 Å². The second-order valence-corrected chi connectivity index (χ2v) is 4.23. The molecule has 0 amide bonds. The van der Waals surface area contributed by atoms with Gasteiger partial charge >= 0.3 is 11.7 Å². The highest BCUT2D eigenvalue weighted by Crippen LogP contribution is 2.18. The van der Waals surface area contributed by atoms with Gasteiger partial charge in [-0.25, -0.2) is 0 Å². The predicted octanol–water partition coefficient (Wildman–Crippen LogP) is 1.32. The lowest BCUT2D eigenvalue weighted by Crippen LogP contribution is -2.28. The van der Waals surface area contributed by atoms with Gasteiger partial charge in [-0.2, -0.15) is 4.39 Å². The number of nitro benzene ring substituents is 1. The monoisotopic (exact) mass is 284 g/mol. The minimum atomic E-state index is -1.01. The Kier molecular flexibility index (Phi) is 5.27. The summed E-state index contributed by atoms with van der Waals surface area (Å²) in [5, 5.41) is 19.1. The predicted molar refractivity (Wildman–Crippen MR) is 67.1 cm³/mol. The van der Waals surface area contributed by atoms with Gasteiger partial charge in [-0.3, -0.25) is 24.6 Å². The maximum absolute atomic E-state index is 13.1. The van der Waals surface area contributed by atoms with Crippen LogP contribution < -0.4 is 0 Å². The smallest absolute Gasteiger partial charge is 0.305 e. The first-order valence-electron chi connectivity index (χ1n) is 5.68. The van der Waals surface area contributed by atoms with E-state index in [9.17, 15) is 24.1 Å². The fourth-order valence-corrected chi connectivity index (χ4v) is 1.53. The van der Waals surface area contributed by atoms with E-state index in [1.54, 1.807) is 7.05 Å². The van der Waals surface area contributed by atoms with Crippen molar-refractivity contribution in [1.82, 2.24) is 4.90 Å². The molecule has 0 spiro atoms. The van der Waals surface area contributed by atoms with Crippen LogP contribution in [0.25, 0.3) is 0 Å². The number of nitro groups is 1. The van der Waals surface area contributed by atoms with Crippen molar-refractivity contribution >= 4 is 17.4 Å². The van der Waals surface area contributed by atoms with Crippen LogP contribution in [0.1, 0.15) is 16.8 Å². The Labute approximate surface area is 113 Å². The molecule has 1 N–H and O–H groups in total. The minimum Gasteiger partial charge on any atom is -0.481 e. The molecule has 0 aromatic heterocycles. The number of carboxylic acids is 1. The molecule has 0 heterocycles. The van der Waals surface area contributed by atoms with E-state index < -0.39 is 28.2 Å². The molecular formula is C12H13FN2O5. The number of aliphatic carboxylic acids is 1. The number of carbonyl (C=O) groups is 2. The van der Waals surface area contributed by atoms with Crippen molar-refractivity contribution in [2.24, 2.45) is 0 Å². The summed E-state index contributed by atoms with van der Waals surface area (Å²) in [6.45, 7) is 0.0699. The van der Waals surface area contributed by atoms with E-state index >= 15 is 0 Å². The summed E-state index contributed by atoms with van der Waals surface area (Å²) in [5.74, 6) is -2.44. The van der Waals surface area contributed by atoms with Gasteiger partial charge in [0.2, 0.25) is 5.82 Å². The van der Waals surface area contributed by atoms with E-state index in [0.29, 0.717) is 0 Å². The topological polar surface area (TPSA) is 101 Å². The summed E-state index contributed by atoms with van der Waals surface area (Å²) in [7, 11) is 1.55. The highest BCUT2D eigenvalue weighted by molar-refractivity contribution is 5.98. The normalized spacial score (nSPS) is 10.6. The maximum Gasteiger partial charge on any atom is 0.305 e. The van der Waals surface area contributed by atoms with Gasteiger partial charge < -0.3 is 5.11 Å². The molecule has 0 fully saturated rings.